The lowest BCUT2D eigenvalue weighted by Gasteiger charge is -2.15. The van der Waals surface area contributed by atoms with Gasteiger partial charge < -0.3 is 20.9 Å². The van der Waals surface area contributed by atoms with Crippen LogP contribution in [0.5, 0.6) is 0 Å². The number of likely N-dealkylation sites (tertiary alicyclic amines) is 1. The first-order valence-corrected chi connectivity index (χ1v) is 10.8. The number of carbonyl (C=O) groups excluding carboxylic acids is 2. The van der Waals surface area contributed by atoms with Crippen molar-refractivity contribution >= 4 is 42.2 Å². The summed E-state index contributed by atoms with van der Waals surface area (Å²) in [5.74, 6) is 2.15. The molecule has 1 aromatic carbocycles. The van der Waals surface area contributed by atoms with Crippen LogP contribution in [0.3, 0.4) is 0 Å². The standard InChI is InChI=1S/C23H21F2N7O2.H2S/c1-2-18(33)30-8-7-13(10-30)32-22(26)19(23(27)34)16(29-32)6-5-14-15(24)9-17-21(20(14)25)28-11-31(17)12-3-4-12;/h2,9,11-13H,1,3-4,7-8,10,26H2,(H2,27,34);1H2/t13-;/m0./s1. The van der Waals surface area contributed by atoms with E-state index >= 15 is 4.39 Å². The molecule has 2 aliphatic rings. The van der Waals surface area contributed by atoms with Crippen molar-refractivity contribution < 1.29 is 18.4 Å². The van der Waals surface area contributed by atoms with Crippen LogP contribution in [-0.2, 0) is 4.79 Å². The molecule has 182 valence electrons. The molecule has 35 heavy (non-hydrogen) atoms. The van der Waals surface area contributed by atoms with Gasteiger partial charge in [0, 0.05) is 25.2 Å². The summed E-state index contributed by atoms with van der Waals surface area (Å²) in [5.41, 5.74) is 11.3. The van der Waals surface area contributed by atoms with Gasteiger partial charge in [-0.2, -0.15) is 18.6 Å². The number of hydrogen-bond donors (Lipinski definition) is 2. The minimum atomic E-state index is -0.885. The lowest BCUT2D eigenvalue weighted by Crippen LogP contribution is -2.27. The first-order valence-electron chi connectivity index (χ1n) is 10.8. The molecule has 0 unspecified atom stereocenters. The van der Waals surface area contributed by atoms with Gasteiger partial charge in [0.2, 0.25) is 5.91 Å². The topological polar surface area (TPSA) is 125 Å². The summed E-state index contributed by atoms with van der Waals surface area (Å²) in [7, 11) is 0. The number of benzene rings is 1. The van der Waals surface area contributed by atoms with Gasteiger partial charge in [-0.05, 0) is 31.3 Å². The predicted molar refractivity (Wildman–Crippen MR) is 130 cm³/mol. The second-order valence-corrected chi connectivity index (χ2v) is 8.40. The molecule has 5 rings (SSSR count). The zero-order chi connectivity index (χ0) is 24.1. The van der Waals surface area contributed by atoms with Crippen LogP contribution in [-0.4, -0.2) is 49.1 Å². The van der Waals surface area contributed by atoms with Crippen molar-refractivity contribution in [2.75, 3.05) is 18.8 Å². The maximum absolute atomic E-state index is 15.1. The number of aromatic nitrogens is 4. The Balaban J connectivity index is 0.00000289. The number of nitrogens with zero attached hydrogens (tertiary/aromatic N) is 5. The summed E-state index contributed by atoms with van der Waals surface area (Å²) in [6.07, 6.45) is 5.14. The molecule has 1 aliphatic heterocycles. The fraction of sp³-hybridized carbons (Fsp3) is 0.304. The molecule has 12 heteroatoms. The molecule has 9 nitrogen and oxygen atoms in total. The Morgan fingerprint density at radius 1 is 1.20 bits per heavy atom. The molecular formula is C23H23F2N7O2S. The van der Waals surface area contributed by atoms with E-state index in [1.807, 2.05) is 0 Å². The predicted octanol–water partition coefficient (Wildman–Crippen LogP) is 2.00. The number of fused-ring (bicyclic) bond motifs is 1. The highest BCUT2D eigenvalue weighted by atomic mass is 32.1. The van der Waals surface area contributed by atoms with Gasteiger partial charge in [-0.3, -0.25) is 9.59 Å². The van der Waals surface area contributed by atoms with Gasteiger partial charge >= 0.3 is 0 Å². The quantitative estimate of drug-likeness (QED) is 0.420. The lowest BCUT2D eigenvalue weighted by atomic mass is 10.1. The number of rotatable bonds is 4. The van der Waals surface area contributed by atoms with Gasteiger partial charge in [-0.25, -0.2) is 18.4 Å². The first kappa shape index (κ1) is 24.3. The minimum Gasteiger partial charge on any atom is -0.383 e. The van der Waals surface area contributed by atoms with Crippen molar-refractivity contribution in [3.63, 3.8) is 0 Å². The molecule has 3 heterocycles. The van der Waals surface area contributed by atoms with Gasteiger partial charge in [0.1, 0.15) is 22.7 Å². The number of primary amides is 1. The van der Waals surface area contributed by atoms with Crippen LogP contribution < -0.4 is 11.5 Å². The summed E-state index contributed by atoms with van der Waals surface area (Å²) in [4.78, 5) is 29.6. The molecule has 1 aliphatic carbocycles. The largest absolute Gasteiger partial charge is 0.383 e. The second-order valence-electron chi connectivity index (χ2n) is 8.40. The van der Waals surface area contributed by atoms with Gasteiger partial charge in [-0.15, -0.1) is 0 Å². The summed E-state index contributed by atoms with van der Waals surface area (Å²) in [6.45, 7) is 4.25. The number of nitrogen functional groups attached to an aromatic ring is 1. The Hall–Kier alpha value is -3.85. The highest BCUT2D eigenvalue weighted by Crippen LogP contribution is 2.38. The van der Waals surface area contributed by atoms with Crippen LogP contribution in [0.4, 0.5) is 14.6 Å². The third-order valence-electron chi connectivity index (χ3n) is 6.20. The Kier molecular flexibility index (Phi) is 6.29. The van der Waals surface area contributed by atoms with Crippen molar-refractivity contribution in [2.24, 2.45) is 5.73 Å². The van der Waals surface area contributed by atoms with E-state index in [0.29, 0.717) is 25.0 Å². The Bertz CT molecular complexity index is 1430. The average molecular weight is 500 g/mol. The van der Waals surface area contributed by atoms with Crippen LogP contribution >= 0.6 is 13.5 Å². The molecule has 2 amide bonds. The molecule has 0 spiro atoms. The molecule has 1 atom stereocenters. The third-order valence-corrected chi connectivity index (χ3v) is 6.20. The summed E-state index contributed by atoms with van der Waals surface area (Å²) < 4.78 is 33.0. The number of nitrogens with two attached hydrogens (primary N) is 2. The number of carbonyl (C=O) groups is 2. The Morgan fingerprint density at radius 3 is 2.60 bits per heavy atom. The average Bonchev–Trinajstić information content (AvgIpc) is 3.22. The normalized spacial score (nSPS) is 17.1. The maximum Gasteiger partial charge on any atom is 0.255 e. The van der Waals surface area contributed by atoms with E-state index in [-0.39, 0.29) is 54.1 Å². The number of amides is 2. The van der Waals surface area contributed by atoms with Crippen molar-refractivity contribution in [3.05, 3.63) is 53.5 Å². The van der Waals surface area contributed by atoms with Crippen LogP contribution in [0.2, 0.25) is 0 Å². The zero-order valence-electron chi connectivity index (χ0n) is 18.6. The fourth-order valence-corrected chi connectivity index (χ4v) is 4.30. The summed E-state index contributed by atoms with van der Waals surface area (Å²) >= 11 is 0. The Labute approximate surface area is 206 Å². The molecule has 0 radical (unpaired) electrons. The smallest absolute Gasteiger partial charge is 0.255 e. The van der Waals surface area contributed by atoms with Crippen molar-refractivity contribution in [3.8, 4) is 11.8 Å². The molecule has 3 aromatic rings. The van der Waals surface area contributed by atoms with E-state index in [1.54, 1.807) is 9.47 Å². The second kappa shape index (κ2) is 9.07. The van der Waals surface area contributed by atoms with E-state index in [9.17, 15) is 14.0 Å². The monoisotopic (exact) mass is 499 g/mol. The number of hydrogen-bond acceptors (Lipinski definition) is 5. The van der Waals surface area contributed by atoms with E-state index in [2.05, 4.69) is 28.5 Å². The molecule has 2 aromatic heterocycles. The van der Waals surface area contributed by atoms with Crippen LogP contribution in [0.15, 0.2) is 25.0 Å². The van der Waals surface area contributed by atoms with E-state index in [4.69, 9.17) is 11.5 Å². The number of halogens is 2. The highest BCUT2D eigenvalue weighted by Gasteiger charge is 2.31. The molecule has 1 saturated heterocycles. The van der Waals surface area contributed by atoms with E-state index in [0.717, 1.165) is 12.8 Å². The van der Waals surface area contributed by atoms with Gasteiger partial charge in [0.05, 0.1) is 23.4 Å². The molecule has 0 bridgehead atoms. The first-order chi connectivity index (χ1) is 16.3. The number of imidazole rings is 1. The van der Waals surface area contributed by atoms with E-state index in [1.165, 1.54) is 23.2 Å². The SMILES string of the molecule is C=CC(=O)N1CC[C@H](n2nc(C#Cc3c(F)cc4c(ncn4C4CC4)c3F)c(C(N)=O)c2N)C1.S. The highest BCUT2D eigenvalue weighted by molar-refractivity contribution is 7.59. The lowest BCUT2D eigenvalue weighted by molar-refractivity contribution is -0.125. The summed E-state index contributed by atoms with van der Waals surface area (Å²) in [5, 5.41) is 4.29. The Morgan fingerprint density at radius 2 is 1.94 bits per heavy atom. The molecule has 2 fully saturated rings. The van der Waals surface area contributed by atoms with Crippen LogP contribution in [0, 0.1) is 23.5 Å². The summed E-state index contributed by atoms with van der Waals surface area (Å²) in [6, 6.07) is 1.10. The van der Waals surface area contributed by atoms with Crippen molar-refractivity contribution in [1.82, 2.24) is 24.2 Å². The van der Waals surface area contributed by atoms with Gasteiger partial charge in [0.25, 0.3) is 5.91 Å². The van der Waals surface area contributed by atoms with Crippen molar-refractivity contribution in [2.45, 2.75) is 31.3 Å². The maximum atomic E-state index is 15.1. The zero-order valence-corrected chi connectivity index (χ0v) is 19.6. The van der Waals surface area contributed by atoms with Crippen molar-refractivity contribution in [1.29, 1.82) is 0 Å². The molecule has 4 N–H and O–H groups in total. The molecule has 1 saturated carbocycles. The van der Waals surface area contributed by atoms with Gasteiger partial charge in [-0.1, -0.05) is 12.5 Å². The fourth-order valence-electron chi connectivity index (χ4n) is 4.30. The van der Waals surface area contributed by atoms with Crippen LogP contribution in [0.1, 0.15) is 53.0 Å². The third kappa shape index (κ3) is 4.12. The van der Waals surface area contributed by atoms with Gasteiger partial charge in [0.15, 0.2) is 11.5 Å². The minimum absolute atomic E-state index is 0. The van der Waals surface area contributed by atoms with E-state index < -0.39 is 23.1 Å². The van der Waals surface area contributed by atoms with Crippen LogP contribution in [0.25, 0.3) is 11.0 Å². The number of anilines is 1. The molecular weight excluding hydrogens is 476 g/mol.